The third kappa shape index (κ3) is 3.91. The molecule has 1 aliphatic rings. The van der Waals surface area contributed by atoms with E-state index in [1.807, 2.05) is 14.0 Å². The average Bonchev–Trinajstić information content (AvgIpc) is 3.28. The zero-order valence-electron chi connectivity index (χ0n) is 19.4. The molecular weight excluding hydrogens is 388 g/mol. The van der Waals surface area contributed by atoms with Crippen molar-refractivity contribution in [1.82, 2.24) is 19.7 Å². The molecule has 1 aromatic carbocycles. The van der Waals surface area contributed by atoms with Crippen molar-refractivity contribution in [3.05, 3.63) is 52.2 Å². The van der Waals surface area contributed by atoms with E-state index < -0.39 is 0 Å². The molecule has 2 aromatic heterocycles. The summed E-state index contributed by atoms with van der Waals surface area (Å²) in [5, 5.41) is 5.36. The number of aryl methyl sites for hydroxylation is 4. The van der Waals surface area contributed by atoms with Gasteiger partial charge in [0.2, 0.25) is 11.8 Å². The number of carbonyl (C=O) groups excluding carboxylic acids is 1. The molecule has 0 bridgehead atoms. The normalized spacial score (nSPS) is 18.7. The number of rotatable bonds is 5. The summed E-state index contributed by atoms with van der Waals surface area (Å²) in [6.07, 6.45) is 2.19. The fraction of sp³-hybridized carbons (Fsp3) is 0.480. The van der Waals surface area contributed by atoms with E-state index in [9.17, 15) is 4.79 Å². The fourth-order valence-electron chi connectivity index (χ4n) is 4.94. The first-order valence-electron chi connectivity index (χ1n) is 11.0. The topological polar surface area (TPSA) is 60.2 Å². The molecule has 6 heteroatoms. The van der Waals surface area contributed by atoms with Crippen LogP contribution in [0.2, 0.25) is 0 Å². The lowest BCUT2D eigenvalue weighted by Gasteiger charge is -2.22. The molecule has 4 rings (SSSR count). The molecule has 6 nitrogen and oxygen atoms in total. The van der Waals surface area contributed by atoms with Crippen LogP contribution in [0.5, 0.6) is 5.88 Å². The van der Waals surface area contributed by atoms with Crippen LogP contribution in [0.1, 0.15) is 53.6 Å². The molecule has 1 saturated heterocycles. The highest BCUT2D eigenvalue weighted by atomic mass is 16.5. The SMILES string of the molecule is COc1nn(C)c2nc(C)c(CCC(=O)N3C[C@@H](c4ccc(C)cc4)C[C@@H]3C)c(C)c12. The Morgan fingerprint density at radius 1 is 1.19 bits per heavy atom. The second kappa shape index (κ2) is 8.33. The lowest BCUT2D eigenvalue weighted by molar-refractivity contribution is -0.131. The van der Waals surface area contributed by atoms with Crippen LogP contribution in [0.25, 0.3) is 11.0 Å². The molecule has 0 radical (unpaired) electrons. The van der Waals surface area contributed by atoms with Gasteiger partial charge in [0.25, 0.3) is 0 Å². The summed E-state index contributed by atoms with van der Waals surface area (Å²) in [7, 11) is 3.50. The first-order valence-corrected chi connectivity index (χ1v) is 11.0. The van der Waals surface area contributed by atoms with Crippen molar-refractivity contribution < 1.29 is 9.53 Å². The van der Waals surface area contributed by atoms with Gasteiger partial charge in [-0.05, 0) is 57.2 Å². The van der Waals surface area contributed by atoms with E-state index in [0.29, 0.717) is 24.6 Å². The third-order valence-corrected chi connectivity index (χ3v) is 6.75. The van der Waals surface area contributed by atoms with Crippen LogP contribution in [0.3, 0.4) is 0 Å². The lowest BCUT2D eigenvalue weighted by atomic mass is 9.96. The third-order valence-electron chi connectivity index (χ3n) is 6.75. The standard InChI is InChI=1S/C25H32N4O2/c1-15-7-9-19(10-8-15)20-13-16(2)29(14-20)22(30)12-11-21-17(3)23-24(26-18(21)4)28(5)27-25(23)31-6/h7-10,16,20H,11-14H2,1-6H3/t16-,20-/m0/s1. The largest absolute Gasteiger partial charge is 0.479 e. The van der Waals surface area contributed by atoms with E-state index in [-0.39, 0.29) is 11.9 Å². The van der Waals surface area contributed by atoms with Gasteiger partial charge in [-0.15, -0.1) is 5.10 Å². The molecule has 31 heavy (non-hydrogen) atoms. The van der Waals surface area contributed by atoms with Crippen molar-refractivity contribution in [1.29, 1.82) is 0 Å². The van der Waals surface area contributed by atoms with Gasteiger partial charge in [-0.2, -0.15) is 0 Å². The maximum atomic E-state index is 13.1. The maximum absolute atomic E-state index is 13.1. The Morgan fingerprint density at radius 3 is 2.58 bits per heavy atom. The van der Waals surface area contributed by atoms with Crippen molar-refractivity contribution in [2.75, 3.05) is 13.7 Å². The number of hydrogen-bond acceptors (Lipinski definition) is 4. The van der Waals surface area contributed by atoms with E-state index in [1.165, 1.54) is 11.1 Å². The van der Waals surface area contributed by atoms with Crippen molar-refractivity contribution in [3.8, 4) is 5.88 Å². The fourth-order valence-corrected chi connectivity index (χ4v) is 4.94. The Hall–Kier alpha value is -2.89. The second-order valence-electron chi connectivity index (χ2n) is 8.87. The Balaban J connectivity index is 1.50. The van der Waals surface area contributed by atoms with Crippen molar-refractivity contribution >= 4 is 16.9 Å². The molecule has 0 spiro atoms. The van der Waals surface area contributed by atoms with Crippen molar-refractivity contribution in [2.24, 2.45) is 7.05 Å². The number of benzene rings is 1. The van der Waals surface area contributed by atoms with Gasteiger partial charge < -0.3 is 9.64 Å². The second-order valence-corrected chi connectivity index (χ2v) is 8.87. The summed E-state index contributed by atoms with van der Waals surface area (Å²) < 4.78 is 7.21. The Bertz CT molecular complexity index is 1120. The number of nitrogens with zero attached hydrogens (tertiary/aromatic N) is 4. The molecular formula is C25H32N4O2. The minimum atomic E-state index is 0.221. The maximum Gasteiger partial charge on any atom is 0.242 e. The van der Waals surface area contributed by atoms with E-state index in [4.69, 9.17) is 9.72 Å². The summed E-state index contributed by atoms with van der Waals surface area (Å²) in [5.74, 6) is 1.23. The number of aromatic nitrogens is 3. The number of carbonyl (C=O) groups is 1. The highest BCUT2D eigenvalue weighted by Gasteiger charge is 2.33. The summed E-state index contributed by atoms with van der Waals surface area (Å²) >= 11 is 0. The van der Waals surface area contributed by atoms with Gasteiger partial charge in [-0.3, -0.25) is 4.79 Å². The van der Waals surface area contributed by atoms with Crippen LogP contribution in [0.4, 0.5) is 0 Å². The van der Waals surface area contributed by atoms with Crippen LogP contribution >= 0.6 is 0 Å². The molecule has 3 heterocycles. The predicted molar refractivity (Wildman–Crippen MR) is 123 cm³/mol. The van der Waals surface area contributed by atoms with Crippen LogP contribution in [-0.2, 0) is 18.3 Å². The molecule has 1 amide bonds. The van der Waals surface area contributed by atoms with Gasteiger partial charge in [0, 0.05) is 37.7 Å². The minimum absolute atomic E-state index is 0.221. The Morgan fingerprint density at radius 2 is 1.90 bits per heavy atom. The van der Waals surface area contributed by atoms with Crippen molar-refractivity contribution in [2.45, 2.75) is 58.9 Å². The molecule has 0 saturated carbocycles. The summed E-state index contributed by atoms with van der Waals surface area (Å²) in [5.41, 5.74) is 6.59. The van der Waals surface area contributed by atoms with Crippen LogP contribution in [0.15, 0.2) is 24.3 Å². The molecule has 0 N–H and O–H groups in total. The lowest BCUT2D eigenvalue weighted by Crippen LogP contribution is -2.34. The van der Waals surface area contributed by atoms with Crippen LogP contribution in [-0.4, -0.2) is 45.3 Å². The smallest absolute Gasteiger partial charge is 0.242 e. The first-order chi connectivity index (χ1) is 14.8. The highest BCUT2D eigenvalue weighted by molar-refractivity contribution is 5.86. The van der Waals surface area contributed by atoms with Gasteiger partial charge in [-0.25, -0.2) is 9.67 Å². The van der Waals surface area contributed by atoms with E-state index in [0.717, 1.165) is 40.8 Å². The van der Waals surface area contributed by atoms with Crippen molar-refractivity contribution in [3.63, 3.8) is 0 Å². The molecule has 2 atom stereocenters. The molecule has 1 fully saturated rings. The van der Waals surface area contributed by atoms with Gasteiger partial charge in [0.05, 0.1) is 12.5 Å². The van der Waals surface area contributed by atoms with Gasteiger partial charge in [-0.1, -0.05) is 29.8 Å². The first kappa shape index (κ1) is 21.3. The van der Waals surface area contributed by atoms with Crippen LogP contribution < -0.4 is 4.74 Å². The molecule has 1 aliphatic heterocycles. The molecule has 0 aliphatic carbocycles. The number of likely N-dealkylation sites (tertiary alicyclic amines) is 1. The highest BCUT2D eigenvalue weighted by Crippen LogP contribution is 2.33. The number of pyridine rings is 1. The number of ether oxygens (including phenoxy) is 1. The number of fused-ring (bicyclic) bond motifs is 1. The van der Waals surface area contributed by atoms with E-state index in [2.05, 4.69) is 55.0 Å². The molecule has 0 unspecified atom stereocenters. The zero-order chi connectivity index (χ0) is 22.3. The zero-order valence-corrected chi connectivity index (χ0v) is 19.4. The monoisotopic (exact) mass is 420 g/mol. The Labute approximate surface area is 184 Å². The van der Waals surface area contributed by atoms with E-state index in [1.54, 1.807) is 11.8 Å². The summed E-state index contributed by atoms with van der Waals surface area (Å²) in [6.45, 7) is 9.16. The predicted octanol–water partition coefficient (Wildman–Crippen LogP) is 4.24. The number of methoxy groups -OCH3 is 1. The Kier molecular flexibility index (Phi) is 5.73. The molecule has 3 aromatic rings. The number of hydrogen-bond donors (Lipinski definition) is 0. The van der Waals surface area contributed by atoms with E-state index >= 15 is 0 Å². The average molecular weight is 421 g/mol. The van der Waals surface area contributed by atoms with Crippen LogP contribution in [0, 0.1) is 20.8 Å². The number of amides is 1. The van der Waals surface area contributed by atoms with Gasteiger partial charge in [0.1, 0.15) is 0 Å². The summed E-state index contributed by atoms with van der Waals surface area (Å²) in [4.78, 5) is 19.9. The molecule has 164 valence electrons. The quantitative estimate of drug-likeness (QED) is 0.619. The summed E-state index contributed by atoms with van der Waals surface area (Å²) in [6, 6.07) is 8.99. The van der Waals surface area contributed by atoms with Gasteiger partial charge >= 0.3 is 0 Å². The van der Waals surface area contributed by atoms with Gasteiger partial charge in [0.15, 0.2) is 5.65 Å². The minimum Gasteiger partial charge on any atom is -0.479 e.